The molecule has 2 aliphatic carbocycles. The molecule has 0 bridgehead atoms. The van der Waals surface area contributed by atoms with Crippen molar-refractivity contribution in [3.8, 4) is 128 Å². The first-order valence-electron chi connectivity index (χ1n) is 36.1. The van der Waals surface area contributed by atoms with Gasteiger partial charge < -0.3 is 8.98 Å². The molecule has 0 amide bonds. The average Bonchev–Trinajstić information content (AvgIpc) is 1.55. The highest BCUT2D eigenvalue weighted by Crippen LogP contribution is 2.61. The van der Waals surface area contributed by atoms with Crippen LogP contribution in [0.15, 0.2) is 362 Å². The van der Waals surface area contributed by atoms with Crippen molar-refractivity contribution in [1.29, 1.82) is 0 Å². The minimum atomic E-state index is 0.641. The van der Waals surface area contributed by atoms with Crippen LogP contribution < -0.4 is 0 Å². The largest absolute Gasteiger partial charge is 0.456 e. The van der Waals surface area contributed by atoms with Crippen molar-refractivity contribution in [2.45, 2.75) is 6.92 Å². The summed E-state index contributed by atoms with van der Waals surface area (Å²) in [5.41, 5.74) is 34.9. The molecule has 18 aromatic carbocycles. The molecule has 0 saturated carbocycles. The van der Waals surface area contributed by atoms with Gasteiger partial charge in [0.1, 0.15) is 11.2 Å². The average molecular weight is 1330 g/mol. The minimum Gasteiger partial charge on any atom is -0.456 e. The smallest absolute Gasteiger partial charge is 0.187 e. The van der Waals surface area contributed by atoms with E-state index in [0.717, 1.165) is 38.6 Å². The van der Waals surface area contributed by atoms with E-state index in [-0.39, 0.29) is 0 Å². The number of furan rings is 1. The molecule has 0 N–H and O–H groups in total. The maximum Gasteiger partial charge on any atom is 0.187 e. The molecular weight excluding hydrogens is 1270 g/mol. The summed E-state index contributed by atoms with van der Waals surface area (Å²) in [4.78, 5) is 3.56. The van der Waals surface area contributed by atoms with E-state index in [4.69, 9.17) is 11.0 Å². The third-order valence-electron chi connectivity index (χ3n) is 22.2. The van der Waals surface area contributed by atoms with Crippen LogP contribution in [-0.4, -0.2) is 4.57 Å². The highest BCUT2D eigenvalue weighted by atomic mass is 16.3. The molecule has 20 aromatic rings. The maximum absolute atomic E-state index is 7.33. The quantitative estimate of drug-likeness (QED) is 0.139. The van der Waals surface area contributed by atoms with Gasteiger partial charge in [-0.25, -0.2) is 4.85 Å². The Hall–Kier alpha value is -13.9. The number of rotatable bonds is 8. The predicted octanol–water partition coefficient (Wildman–Crippen LogP) is 28.8. The third-order valence-corrected chi connectivity index (χ3v) is 22.2. The van der Waals surface area contributed by atoms with Crippen molar-refractivity contribution >= 4 is 92.5 Å². The fraction of sp³-hybridized carbons (Fsp3) is 0.00980. The van der Waals surface area contributed by atoms with E-state index >= 15 is 0 Å². The predicted molar refractivity (Wildman–Crippen MR) is 442 cm³/mol. The summed E-state index contributed by atoms with van der Waals surface area (Å²) in [7, 11) is 0. The molecule has 3 nitrogen and oxygen atoms in total. The van der Waals surface area contributed by atoms with Crippen LogP contribution in [0, 0.1) is 13.5 Å². The summed E-state index contributed by atoms with van der Waals surface area (Å²) in [6.45, 7) is 9.48. The van der Waals surface area contributed by atoms with Gasteiger partial charge in [-0.2, -0.15) is 0 Å². The molecule has 2 aromatic heterocycles. The summed E-state index contributed by atoms with van der Waals surface area (Å²) in [6.07, 6.45) is 0. The molecule has 486 valence electrons. The highest BCUT2D eigenvalue weighted by molar-refractivity contribution is 6.31. The van der Waals surface area contributed by atoms with E-state index in [0.29, 0.717) is 5.69 Å². The van der Waals surface area contributed by atoms with Crippen LogP contribution in [-0.2, 0) is 0 Å². The third kappa shape index (κ3) is 9.31. The second-order valence-corrected chi connectivity index (χ2v) is 27.9. The lowest BCUT2D eigenvalue weighted by Gasteiger charge is -2.20. The SMILES string of the molecule is Cc1ccc(-n2c3ccccc3c3cc(-c4ccc5c6c(cccc46)-c4c-5c(-c5ccccc5)c5ccccc5c4-c4ccccc4)ccc32)cc1.[C-]#[N+]c1ccc(-c2ccc3oc4ccc(-c5ccc6c7c(cccc57)-c5c-6c(-c6ccccc6)c6ccccc6c5-c5ccccc5)cc4c3c2)cc1. The maximum atomic E-state index is 7.33. The normalized spacial score (nSPS) is 11.8. The summed E-state index contributed by atoms with van der Waals surface area (Å²) in [5, 5.41) is 15.0. The van der Waals surface area contributed by atoms with Crippen molar-refractivity contribution in [2.75, 3.05) is 0 Å². The number of nitrogens with zero attached hydrogens (tertiary/aromatic N) is 2. The number of para-hydroxylation sites is 1. The number of aromatic nitrogens is 1. The summed E-state index contributed by atoms with van der Waals surface area (Å²) in [6, 6.07) is 130. The van der Waals surface area contributed by atoms with Crippen LogP contribution in [0.3, 0.4) is 0 Å². The second kappa shape index (κ2) is 23.9. The topological polar surface area (TPSA) is 22.4 Å². The van der Waals surface area contributed by atoms with Crippen molar-refractivity contribution in [1.82, 2.24) is 4.57 Å². The van der Waals surface area contributed by atoms with Crippen LogP contribution in [0.2, 0.25) is 0 Å². The van der Waals surface area contributed by atoms with E-state index in [1.165, 1.54) is 182 Å². The fourth-order valence-electron chi connectivity index (χ4n) is 17.7. The van der Waals surface area contributed by atoms with E-state index in [2.05, 4.69) is 350 Å². The Morgan fingerprint density at radius 2 is 0.590 bits per heavy atom. The highest BCUT2D eigenvalue weighted by Gasteiger charge is 2.34. The Kier molecular flexibility index (Phi) is 13.6. The number of benzene rings is 18. The Labute approximate surface area is 607 Å². The van der Waals surface area contributed by atoms with Gasteiger partial charge in [-0.1, -0.05) is 309 Å². The molecule has 3 heteroatoms. The molecule has 0 aliphatic heterocycles. The zero-order chi connectivity index (χ0) is 69.4. The number of aryl methyl sites for hydroxylation is 1. The lowest BCUT2D eigenvalue weighted by Crippen LogP contribution is -1.93. The molecule has 0 atom stereocenters. The monoisotopic (exact) mass is 1330 g/mol. The number of hydrogen-bond acceptors (Lipinski definition) is 1. The first-order valence-corrected chi connectivity index (χ1v) is 36.1. The zero-order valence-electron chi connectivity index (χ0n) is 57.4. The fourth-order valence-corrected chi connectivity index (χ4v) is 17.7. The molecule has 0 saturated heterocycles. The van der Waals surface area contributed by atoms with Crippen LogP contribution in [0.5, 0.6) is 0 Å². The Morgan fingerprint density at radius 3 is 1.05 bits per heavy atom. The van der Waals surface area contributed by atoms with Gasteiger partial charge in [0.25, 0.3) is 0 Å². The standard InChI is InChI=1S/C51H29NO.C51H33N/c1-52-36-23-19-31(20-24-36)34-21-27-45-43(29-34)44-30-35(22-28-46(44)53-45)37-25-26-42-49-38(37)17-10-18-41(49)50-47(32-11-4-2-5-12-32)39-15-8-9-16-40(39)48(51(42)50)33-13-6-3-7-14-33;1-32-23-26-36(27-24-32)52-45-22-11-10-17-38(45)44-31-35(25-30-46(44)52)37-28-29-43-49-39(37)20-12-21-42(49)50-47(33-13-4-2-5-14-33)40-18-8-9-19-41(40)48(51(43)50)34-15-6-3-7-16-34/h2-30H;2-31H,1H3. The van der Waals surface area contributed by atoms with Gasteiger partial charge in [-0.05, 0) is 227 Å². The Balaban J connectivity index is 0.000000135. The lowest BCUT2D eigenvalue weighted by molar-refractivity contribution is 0.669. The lowest BCUT2D eigenvalue weighted by atomic mass is 9.82. The molecule has 22 rings (SSSR count). The number of fused-ring (bicyclic) bond motifs is 14. The van der Waals surface area contributed by atoms with Crippen molar-refractivity contribution < 1.29 is 4.42 Å². The van der Waals surface area contributed by atoms with Crippen molar-refractivity contribution in [2.24, 2.45) is 0 Å². The summed E-state index contributed by atoms with van der Waals surface area (Å²) >= 11 is 0. The van der Waals surface area contributed by atoms with Crippen LogP contribution in [0.4, 0.5) is 5.69 Å². The van der Waals surface area contributed by atoms with E-state index < -0.39 is 0 Å². The molecule has 0 fully saturated rings. The molecule has 0 radical (unpaired) electrons. The van der Waals surface area contributed by atoms with Gasteiger partial charge in [0.05, 0.1) is 17.6 Å². The first-order chi connectivity index (χ1) is 52.0. The zero-order valence-corrected chi connectivity index (χ0v) is 57.4. The van der Waals surface area contributed by atoms with Gasteiger partial charge in [0, 0.05) is 27.2 Å². The minimum absolute atomic E-state index is 0.641. The van der Waals surface area contributed by atoms with Gasteiger partial charge in [-0.3, -0.25) is 0 Å². The van der Waals surface area contributed by atoms with Gasteiger partial charge in [0.2, 0.25) is 0 Å². The van der Waals surface area contributed by atoms with E-state index in [9.17, 15) is 0 Å². The van der Waals surface area contributed by atoms with Crippen molar-refractivity contribution in [3.63, 3.8) is 0 Å². The van der Waals surface area contributed by atoms with Crippen molar-refractivity contribution in [3.05, 3.63) is 375 Å². The van der Waals surface area contributed by atoms with Crippen LogP contribution in [0.25, 0.3) is 220 Å². The summed E-state index contributed by atoms with van der Waals surface area (Å²) in [5.74, 6) is 0. The molecule has 2 aliphatic rings. The van der Waals surface area contributed by atoms with Gasteiger partial charge in [-0.15, -0.1) is 0 Å². The van der Waals surface area contributed by atoms with Gasteiger partial charge in [0.15, 0.2) is 5.69 Å². The Bertz CT molecular complexity index is 6850. The molecule has 2 heterocycles. The molecule has 0 spiro atoms. The number of hydrogen-bond donors (Lipinski definition) is 0. The molecule has 105 heavy (non-hydrogen) atoms. The van der Waals surface area contributed by atoms with E-state index in [1.54, 1.807) is 0 Å². The van der Waals surface area contributed by atoms with E-state index in [1.807, 2.05) is 24.3 Å². The second-order valence-electron chi connectivity index (χ2n) is 27.9. The van der Waals surface area contributed by atoms with Crippen LogP contribution in [0.1, 0.15) is 5.56 Å². The summed E-state index contributed by atoms with van der Waals surface area (Å²) < 4.78 is 8.76. The first kappa shape index (κ1) is 59.9. The molecular formula is C102H62N2O. The van der Waals surface area contributed by atoms with Gasteiger partial charge >= 0.3 is 0 Å². The van der Waals surface area contributed by atoms with Crippen LogP contribution >= 0.6 is 0 Å². The Morgan fingerprint density at radius 1 is 0.238 bits per heavy atom. The molecule has 0 unspecified atom stereocenters.